The summed E-state index contributed by atoms with van der Waals surface area (Å²) in [6.07, 6.45) is 0.779. The lowest BCUT2D eigenvalue weighted by atomic mass is 9.97. The average Bonchev–Trinajstić information content (AvgIpc) is 3.19. The van der Waals surface area contributed by atoms with Gasteiger partial charge in [-0.1, -0.05) is 6.07 Å². The van der Waals surface area contributed by atoms with E-state index >= 15 is 0 Å². The molecule has 7 heteroatoms. The second kappa shape index (κ2) is 7.77. The van der Waals surface area contributed by atoms with Gasteiger partial charge in [-0.05, 0) is 42.0 Å². The predicted molar refractivity (Wildman–Crippen MR) is 107 cm³/mol. The van der Waals surface area contributed by atoms with Crippen molar-refractivity contribution in [2.45, 2.75) is 32.9 Å². The van der Waals surface area contributed by atoms with Crippen LogP contribution in [0.2, 0.25) is 0 Å². The number of carbonyl (C=O) groups excluding carboxylic acids is 1. The number of aryl methyl sites for hydroxylation is 2. The molecular weight excluding hydrogens is 378 g/mol. The first-order valence-corrected chi connectivity index (χ1v) is 9.96. The summed E-state index contributed by atoms with van der Waals surface area (Å²) in [4.78, 5) is 27.0. The van der Waals surface area contributed by atoms with Crippen molar-refractivity contribution in [2.75, 3.05) is 13.8 Å². The number of carbonyl (C=O) groups is 1. The molecule has 0 amide bonds. The van der Waals surface area contributed by atoms with Crippen LogP contribution in [-0.2, 0) is 29.0 Å². The lowest BCUT2D eigenvalue weighted by Gasteiger charge is -2.30. The molecule has 28 heavy (non-hydrogen) atoms. The van der Waals surface area contributed by atoms with Crippen molar-refractivity contribution in [3.8, 4) is 5.75 Å². The summed E-state index contributed by atoms with van der Waals surface area (Å²) in [6.45, 7) is 3.71. The summed E-state index contributed by atoms with van der Waals surface area (Å²) in [5, 5.41) is 2.93. The van der Waals surface area contributed by atoms with Crippen LogP contribution >= 0.6 is 11.3 Å². The fraction of sp³-hybridized carbons (Fsp3) is 0.333. The van der Waals surface area contributed by atoms with Crippen LogP contribution in [0.4, 0.5) is 0 Å². The maximum Gasteiger partial charge on any atom is 0.336 e. The van der Waals surface area contributed by atoms with Gasteiger partial charge in [0, 0.05) is 35.8 Å². The van der Waals surface area contributed by atoms with E-state index in [1.165, 1.54) is 18.1 Å². The van der Waals surface area contributed by atoms with Crippen molar-refractivity contribution in [2.24, 2.45) is 0 Å². The van der Waals surface area contributed by atoms with E-state index in [9.17, 15) is 9.59 Å². The molecule has 1 aliphatic rings. The number of hydrogen-bond donors (Lipinski definition) is 0. The summed E-state index contributed by atoms with van der Waals surface area (Å²) < 4.78 is 16.4. The number of ether oxygens (including phenoxy) is 2. The number of esters is 1. The van der Waals surface area contributed by atoms with Crippen LogP contribution in [0.3, 0.4) is 0 Å². The zero-order chi connectivity index (χ0) is 19.7. The molecule has 0 saturated heterocycles. The van der Waals surface area contributed by atoms with Gasteiger partial charge in [-0.15, -0.1) is 11.3 Å². The molecule has 0 atom stereocenters. The molecule has 1 aliphatic heterocycles. The number of rotatable bonds is 5. The van der Waals surface area contributed by atoms with Gasteiger partial charge < -0.3 is 13.9 Å². The van der Waals surface area contributed by atoms with Crippen molar-refractivity contribution in [3.63, 3.8) is 0 Å². The third-order valence-corrected chi connectivity index (χ3v) is 5.78. The van der Waals surface area contributed by atoms with Crippen LogP contribution in [0.1, 0.15) is 28.0 Å². The molecule has 6 nitrogen and oxygen atoms in total. The summed E-state index contributed by atoms with van der Waals surface area (Å²) >= 11 is 1.70. The zero-order valence-corrected chi connectivity index (χ0v) is 16.6. The van der Waals surface area contributed by atoms with Crippen LogP contribution in [0, 0.1) is 6.92 Å². The third-order valence-electron chi connectivity index (χ3n) is 4.92. The molecule has 3 heterocycles. The van der Waals surface area contributed by atoms with Crippen LogP contribution < -0.4 is 10.4 Å². The quantitative estimate of drug-likeness (QED) is 0.482. The first-order valence-electron chi connectivity index (χ1n) is 9.08. The summed E-state index contributed by atoms with van der Waals surface area (Å²) in [7, 11) is 1.38. The van der Waals surface area contributed by atoms with E-state index in [4.69, 9.17) is 13.9 Å². The third kappa shape index (κ3) is 3.68. The highest BCUT2D eigenvalue weighted by atomic mass is 32.1. The van der Waals surface area contributed by atoms with Gasteiger partial charge in [-0.2, -0.15) is 0 Å². The highest BCUT2D eigenvalue weighted by Crippen LogP contribution is 2.37. The van der Waals surface area contributed by atoms with E-state index in [0.717, 1.165) is 28.6 Å². The fourth-order valence-electron chi connectivity index (χ4n) is 3.56. The zero-order valence-electron chi connectivity index (χ0n) is 15.8. The molecular formula is C21H21NO5S. The van der Waals surface area contributed by atoms with Crippen LogP contribution in [0.5, 0.6) is 5.75 Å². The Hall–Kier alpha value is -2.64. The highest BCUT2D eigenvalue weighted by Gasteiger charge is 2.25. The Labute approximate surface area is 166 Å². The average molecular weight is 399 g/mol. The molecule has 4 rings (SSSR count). The van der Waals surface area contributed by atoms with E-state index in [-0.39, 0.29) is 18.0 Å². The van der Waals surface area contributed by atoms with Crippen molar-refractivity contribution in [3.05, 3.63) is 61.6 Å². The first-order chi connectivity index (χ1) is 13.5. The van der Waals surface area contributed by atoms with E-state index in [0.29, 0.717) is 31.0 Å². The maximum atomic E-state index is 12.0. The van der Waals surface area contributed by atoms with Gasteiger partial charge in [-0.25, -0.2) is 4.79 Å². The van der Waals surface area contributed by atoms with Gasteiger partial charge in [0.25, 0.3) is 0 Å². The first kappa shape index (κ1) is 18.7. The van der Waals surface area contributed by atoms with Gasteiger partial charge >= 0.3 is 11.6 Å². The standard InChI is InChI=1S/C21H21NO5S/c1-13-8-19(24)27-21-16(13)9-14(5-6-18(23)25-2)20-17(21)11-22(12-26-20)10-15-4-3-7-28-15/h3-4,7-9H,5-6,10-12H2,1-2H3. The van der Waals surface area contributed by atoms with E-state index in [2.05, 4.69) is 16.3 Å². The lowest BCUT2D eigenvalue weighted by molar-refractivity contribution is -0.140. The highest BCUT2D eigenvalue weighted by molar-refractivity contribution is 7.09. The van der Waals surface area contributed by atoms with Gasteiger partial charge in [0.1, 0.15) is 18.1 Å². The second-order valence-electron chi connectivity index (χ2n) is 6.88. The van der Waals surface area contributed by atoms with Crippen molar-refractivity contribution in [1.29, 1.82) is 0 Å². The fourth-order valence-corrected chi connectivity index (χ4v) is 4.30. The Balaban J connectivity index is 1.76. The SMILES string of the molecule is COC(=O)CCc1cc2c(C)cc(=O)oc2c2c1OCN(Cc1cccs1)C2. The number of benzene rings is 1. The molecule has 0 saturated carbocycles. The normalized spacial score (nSPS) is 13.9. The Morgan fingerprint density at radius 2 is 2.21 bits per heavy atom. The monoisotopic (exact) mass is 399 g/mol. The van der Waals surface area contributed by atoms with Crippen LogP contribution in [0.15, 0.2) is 38.9 Å². The Morgan fingerprint density at radius 3 is 2.96 bits per heavy atom. The van der Waals surface area contributed by atoms with E-state index in [1.54, 1.807) is 11.3 Å². The molecule has 0 N–H and O–H groups in total. The number of fused-ring (bicyclic) bond motifs is 3. The molecule has 0 bridgehead atoms. The van der Waals surface area contributed by atoms with E-state index < -0.39 is 0 Å². The maximum absolute atomic E-state index is 12.0. The number of hydrogen-bond acceptors (Lipinski definition) is 7. The minimum Gasteiger partial charge on any atom is -0.477 e. The minimum absolute atomic E-state index is 0.264. The van der Waals surface area contributed by atoms with Crippen molar-refractivity contribution < 1.29 is 18.7 Å². The van der Waals surface area contributed by atoms with Gasteiger partial charge in [-0.3, -0.25) is 9.69 Å². The van der Waals surface area contributed by atoms with Crippen LogP contribution in [0.25, 0.3) is 11.0 Å². The largest absolute Gasteiger partial charge is 0.477 e. The minimum atomic E-state index is -0.370. The molecule has 3 aromatic rings. The number of methoxy groups -OCH3 is 1. The van der Waals surface area contributed by atoms with Gasteiger partial charge in [0.2, 0.25) is 0 Å². The predicted octanol–water partition coefficient (Wildman–Crippen LogP) is 3.62. The van der Waals surface area contributed by atoms with Crippen molar-refractivity contribution >= 4 is 28.3 Å². The molecule has 0 aliphatic carbocycles. The van der Waals surface area contributed by atoms with Gasteiger partial charge in [0.15, 0.2) is 0 Å². The van der Waals surface area contributed by atoms with Crippen molar-refractivity contribution in [1.82, 2.24) is 4.90 Å². The Morgan fingerprint density at radius 1 is 1.36 bits per heavy atom. The number of nitrogens with zero attached hydrogens (tertiary/aromatic N) is 1. The summed E-state index contributed by atoms with van der Waals surface area (Å²) in [6, 6.07) is 7.58. The topological polar surface area (TPSA) is 69.0 Å². The summed E-state index contributed by atoms with van der Waals surface area (Å²) in [5.41, 5.74) is 2.84. The van der Waals surface area contributed by atoms with Gasteiger partial charge in [0.05, 0.1) is 12.7 Å². The lowest BCUT2D eigenvalue weighted by Crippen LogP contribution is -2.32. The molecule has 0 fully saturated rings. The smallest absolute Gasteiger partial charge is 0.336 e. The second-order valence-corrected chi connectivity index (χ2v) is 7.92. The number of thiophene rings is 1. The Kier molecular flexibility index (Phi) is 5.19. The molecule has 1 aromatic carbocycles. The Bertz CT molecular complexity index is 1070. The molecule has 0 radical (unpaired) electrons. The molecule has 0 unspecified atom stereocenters. The van der Waals surface area contributed by atoms with E-state index in [1.807, 2.05) is 19.1 Å². The summed E-state index contributed by atoms with van der Waals surface area (Å²) in [5.74, 6) is 0.452. The molecule has 146 valence electrons. The molecule has 2 aromatic heterocycles. The molecule has 0 spiro atoms. The van der Waals surface area contributed by atoms with Crippen LogP contribution in [-0.4, -0.2) is 24.7 Å².